The van der Waals surface area contributed by atoms with E-state index in [0.717, 1.165) is 0 Å². The summed E-state index contributed by atoms with van der Waals surface area (Å²) in [6, 6.07) is 0. The first-order chi connectivity index (χ1) is 2.00. The Balaban J connectivity index is -0.00000000500. The van der Waals surface area contributed by atoms with E-state index in [1.807, 2.05) is 0 Å². The summed E-state index contributed by atoms with van der Waals surface area (Å²) in [5.41, 5.74) is 0. The van der Waals surface area contributed by atoms with E-state index in [4.69, 9.17) is 4.74 Å². The molecule has 3 nitrogen and oxygen atoms in total. The Morgan fingerprint density at radius 1 is 1.17 bits per heavy atom. The van der Waals surface area contributed by atoms with Crippen molar-refractivity contribution < 1.29 is 50.0 Å². The van der Waals surface area contributed by atoms with Gasteiger partial charge in [-0.3, -0.25) is 0 Å². The van der Waals surface area contributed by atoms with E-state index in [2.05, 4.69) is 0 Å². The second kappa shape index (κ2) is 43.1. The molecule has 0 aromatic heterocycles. The maximum absolute atomic E-state index is 8.39. The molecule has 0 aliphatic carbocycles. The molecule has 0 aliphatic heterocycles. The Hall–Kier alpha value is 3.04. The molecule has 0 aromatic rings. The first kappa shape index (κ1) is 23.0. The molecule has 0 spiro atoms. The molecule has 0 amide bonds. The standard InChI is InChI=1S/Al.Ba.Ce.H2O.2O.2H/h;;;1H2;;;;/q;+1;;;;;;/p-1. The molecule has 30 valence electrons. The number of hydrogen-bond donors (Lipinski definition) is 0. The average Bonchev–Trinajstić information content (AvgIpc) is 1.50. The molecule has 0 unspecified atom stereocenters. The quantitative estimate of drug-likeness (QED) is 0.486. The molecule has 0 radical (unpaired) electrons. The second-order valence-corrected chi connectivity index (χ2v) is 0. The van der Waals surface area contributed by atoms with E-state index in [0.29, 0.717) is 16.2 Å². The van der Waals surface area contributed by atoms with Crippen molar-refractivity contribution in [2.24, 2.45) is 0 Å². The van der Waals surface area contributed by atoms with E-state index in [1.165, 1.54) is 0 Å². The summed E-state index contributed by atoms with van der Waals surface area (Å²) in [6.45, 7) is 0. The van der Waals surface area contributed by atoms with E-state index in [1.54, 1.807) is 0 Å². The molecule has 0 aromatic carbocycles. The zero-order chi connectivity index (χ0) is 4.00. The van der Waals surface area contributed by atoms with Crippen molar-refractivity contribution in [3.8, 4) is 0 Å². The zero-order valence-electron chi connectivity index (χ0n) is 3.47. The van der Waals surface area contributed by atoms with E-state index in [-0.39, 0.29) is 94.1 Å². The predicted octanol–water partition coefficient (Wildman–Crippen LogP) is -1.71. The van der Waals surface area contributed by atoms with Crippen molar-refractivity contribution in [3.05, 3.63) is 0 Å². The molecule has 0 rings (SSSR count). The fraction of sp³-hybridized carbons (Fsp3) is 0. The topological polar surface area (TPSA) is 64.1 Å². The third-order valence-electron chi connectivity index (χ3n) is 0. The molecule has 1 N–H and O–H groups in total. The van der Waals surface area contributed by atoms with Gasteiger partial charge in [0.2, 0.25) is 0 Å². The molecule has 0 saturated carbocycles. The number of rotatable bonds is 0. The minimum atomic E-state index is 0. The Kier molecular flexibility index (Phi) is 165. The van der Waals surface area contributed by atoms with Crippen molar-refractivity contribution in [3.63, 3.8) is 0 Å². The SMILES string of the molecule is [BaH+].[OH-].[O]=[AlH].[O]=[Ce]. The summed E-state index contributed by atoms with van der Waals surface area (Å²) in [7, 11) is 0. The molecule has 0 heterocycles. The van der Waals surface area contributed by atoms with Gasteiger partial charge in [-0.15, -0.1) is 0 Å². The Morgan fingerprint density at radius 3 is 1.17 bits per heavy atom. The van der Waals surface area contributed by atoms with E-state index >= 15 is 0 Å². The molecule has 0 bridgehead atoms. The van der Waals surface area contributed by atoms with Crippen molar-refractivity contribution >= 4 is 65.1 Å². The summed E-state index contributed by atoms with van der Waals surface area (Å²) >= 11 is 0.667. The Bertz CT molecular complexity index is 12.8. The molecule has 0 atom stereocenters. The summed E-state index contributed by atoms with van der Waals surface area (Å²) in [4.78, 5) is 0. The maximum atomic E-state index is 8.39. The van der Waals surface area contributed by atoms with Crippen LogP contribution in [0.5, 0.6) is 0 Å². The van der Waals surface area contributed by atoms with Gasteiger partial charge < -0.3 is 5.48 Å². The Labute approximate surface area is 112 Å². The van der Waals surface area contributed by atoms with Crippen LogP contribution in [0.3, 0.4) is 0 Å². The third kappa shape index (κ3) is 27.8. The van der Waals surface area contributed by atoms with Crippen LogP contribution in [0, 0.1) is 39.8 Å². The van der Waals surface area contributed by atoms with Gasteiger partial charge in [-0.05, 0) is 0 Å². The fourth-order valence-electron chi connectivity index (χ4n) is 0. The van der Waals surface area contributed by atoms with Crippen molar-refractivity contribution in [2.75, 3.05) is 0 Å². The number of hydrogen-bond acceptors (Lipinski definition) is 3. The zero-order valence-corrected chi connectivity index (χ0v) is 14.3. The van der Waals surface area contributed by atoms with E-state index < -0.39 is 0 Å². The molecular formula is H3AlBaCeO3. The van der Waals surface area contributed by atoms with Crippen LogP contribution in [0.1, 0.15) is 0 Å². The van der Waals surface area contributed by atoms with Crippen LogP contribution in [0.25, 0.3) is 0 Å². The summed E-state index contributed by atoms with van der Waals surface area (Å²) in [5.74, 6) is 0. The molecule has 0 aliphatic rings. The van der Waals surface area contributed by atoms with Crippen LogP contribution in [0.4, 0.5) is 0 Å². The fourth-order valence-corrected chi connectivity index (χ4v) is 0. The monoisotopic (exact) mass is 356 g/mol. The van der Waals surface area contributed by atoms with Gasteiger partial charge in [-0.25, -0.2) is 0 Å². The van der Waals surface area contributed by atoms with Crippen molar-refractivity contribution in [2.45, 2.75) is 0 Å². The third-order valence-corrected chi connectivity index (χ3v) is 0. The van der Waals surface area contributed by atoms with Gasteiger partial charge in [0.15, 0.2) is 0 Å². The first-order valence-corrected chi connectivity index (χ1v) is 2.35. The molecule has 6 heteroatoms. The van der Waals surface area contributed by atoms with Gasteiger partial charge in [0.25, 0.3) is 0 Å². The van der Waals surface area contributed by atoms with Gasteiger partial charge in [0, 0.05) is 0 Å². The van der Waals surface area contributed by atoms with Crippen molar-refractivity contribution in [1.82, 2.24) is 0 Å². The van der Waals surface area contributed by atoms with E-state index in [9.17, 15) is 0 Å². The summed E-state index contributed by atoms with van der Waals surface area (Å²) in [5, 5.41) is 0. The average molecular weight is 355 g/mol. The summed E-state index contributed by atoms with van der Waals surface area (Å²) in [6.07, 6.45) is 0. The van der Waals surface area contributed by atoms with Gasteiger partial charge in [-0.2, -0.15) is 0 Å². The minimum absolute atomic E-state index is 0. The van der Waals surface area contributed by atoms with Crippen LogP contribution in [0.2, 0.25) is 0 Å². The molecule has 6 heavy (non-hydrogen) atoms. The summed E-state index contributed by atoms with van der Waals surface area (Å²) < 4.78 is 16.7. The van der Waals surface area contributed by atoms with Crippen molar-refractivity contribution in [1.29, 1.82) is 0 Å². The van der Waals surface area contributed by atoms with Gasteiger partial charge in [-0.1, -0.05) is 0 Å². The normalized spacial score (nSPS) is 1.00. The molecule has 0 saturated heterocycles. The first-order valence-electron chi connectivity index (χ1n) is 0.493. The van der Waals surface area contributed by atoms with Crippen LogP contribution >= 0.6 is 0 Å². The second-order valence-electron chi connectivity index (χ2n) is 0. The van der Waals surface area contributed by atoms with Crippen LogP contribution in [0.15, 0.2) is 0 Å². The van der Waals surface area contributed by atoms with Crippen LogP contribution in [-0.2, 0) is 4.74 Å². The van der Waals surface area contributed by atoms with Gasteiger partial charge >= 0.3 is 110 Å². The Morgan fingerprint density at radius 2 is 1.17 bits per heavy atom. The molecular weight excluding hydrogens is 352 g/mol. The predicted molar refractivity (Wildman–Crippen MR) is 17.6 cm³/mol. The van der Waals surface area contributed by atoms with Crippen LogP contribution < -0.4 is 0 Å². The molecule has 0 fully saturated rings. The van der Waals surface area contributed by atoms with Crippen LogP contribution in [-0.4, -0.2) is 70.6 Å². The van der Waals surface area contributed by atoms with Gasteiger partial charge in [0.05, 0.1) is 0 Å². The van der Waals surface area contributed by atoms with Gasteiger partial charge in [0.1, 0.15) is 0 Å².